The molecule has 0 spiro atoms. The van der Waals surface area contributed by atoms with Crippen molar-refractivity contribution in [2.45, 2.75) is 39.5 Å². The third kappa shape index (κ3) is 4.64. The lowest BCUT2D eigenvalue weighted by molar-refractivity contribution is -0.143. The Labute approximate surface area is 109 Å². The number of hydrogen-bond donors (Lipinski definition) is 2. The minimum atomic E-state index is -0.303. The van der Waals surface area contributed by atoms with E-state index in [2.05, 4.69) is 10.6 Å². The molecule has 1 rings (SSSR count). The summed E-state index contributed by atoms with van der Waals surface area (Å²) < 4.78 is 4.82. The summed E-state index contributed by atoms with van der Waals surface area (Å²) >= 11 is 0. The quantitative estimate of drug-likeness (QED) is 0.546. The van der Waals surface area contributed by atoms with Gasteiger partial charge in [0.25, 0.3) is 0 Å². The van der Waals surface area contributed by atoms with Crippen LogP contribution in [0.4, 0.5) is 0 Å². The van der Waals surface area contributed by atoms with Crippen LogP contribution in [0.2, 0.25) is 0 Å². The minimum Gasteiger partial charge on any atom is -0.466 e. The molecular weight excluding hydrogens is 232 g/mol. The lowest BCUT2D eigenvalue weighted by Crippen LogP contribution is -2.48. The normalized spacial score (nSPS) is 23.4. The van der Waals surface area contributed by atoms with Gasteiger partial charge in [0.05, 0.1) is 12.0 Å². The van der Waals surface area contributed by atoms with Crippen molar-refractivity contribution in [2.75, 3.05) is 26.2 Å². The third-order valence-electron chi connectivity index (χ3n) is 3.29. The average molecular weight is 256 g/mol. The van der Waals surface area contributed by atoms with Gasteiger partial charge in [0.2, 0.25) is 5.91 Å². The zero-order chi connectivity index (χ0) is 13.4. The molecule has 0 aliphatic carbocycles. The SMILES string of the molecule is CCOC(=O)CCCNC(=O)C1(C)CCCNC1. The van der Waals surface area contributed by atoms with Gasteiger partial charge in [-0.15, -0.1) is 0 Å². The fraction of sp³-hybridized carbons (Fsp3) is 0.846. The predicted molar refractivity (Wildman–Crippen MR) is 69.1 cm³/mol. The van der Waals surface area contributed by atoms with Gasteiger partial charge in [-0.1, -0.05) is 0 Å². The Balaban J connectivity index is 2.18. The van der Waals surface area contributed by atoms with Crippen LogP contribution >= 0.6 is 0 Å². The summed E-state index contributed by atoms with van der Waals surface area (Å²) in [5, 5.41) is 6.15. The van der Waals surface area contributed by atoms with Crippen LogP contribution in [0.5, 0.6) is 0 Å². The molecule has 18 heavy (non-hydrogen) atoms. The Bertz CT molecular complexity index is 286. The van der Waals surface area contributed by atoms with Crippen LogP contribution in [-0.2, 0) is 14.3 Å². The maximum absolute atomic E-state index is 12.0. The molecule has 5 heteroatoms. The summed E-state index contributed by atoms with van der Waals surface area (Å²) in [6, 6.07) is 0. The zero-order valence-electron chi connectivity index (χ0n) is 11.4. The highest BCUT2D eigenvalue weighted by atomic mass is 16.5. The summed E-state index contributed by atoms with van der Waals surface area (Å²) in [4.78, 5) is 23.1. The van der Waals surface area contributed by atoms with E-state index in [1.165, 1.54) is 0 Å². The average Bonchev–Trinajstić information content (AvgIpc) is 2.35. The van der Waals surface area contributed by atoms with Crippen molar-refractivity contribution in [3.05, 3.63) is 0 Å². The number of carbonyl (C=O) groups is 2. The molecule has 104 valence electrons. The van der Waals surface area contributed by atoms with E-state index in [9.17, 15) is 9.59 Å². The second-order valence-electron chi connectivity index (χ2n) is 5.01. The van der Waals surface area contributed by atoms with Gasteiger partial charge in [-0.3, -0.25) is 9.59 Å². The summed E-state index contributed by atoms with van der Waals surface area (Å²) in [7, 11) is 0. The fourth-order valence-electron chi connectivity index (χ4n) is 2.13. The molecule has 1 unspecified atom stereocenters. The van der Waals surface area contributed by atoms with Crippen molar-refractivity contribution in [1.82, 2.24) is 10.6 Å². The number of esters is 1. The van der Waals surface area contributed by atoms with E-state index in [1.54, 1.807) is 6.92 Å². The smallest absolute Gasteiger partial charge is 0.305 e. The molecule has 1 aliphatic rings. The number of piperidine rings is 1. The largest absolute Gasteiger partial charge is 0.466 e. The third-order valence-corrected chi connectivity index (χ3v) is 3.29. The second-order valence-corrected chi connectivity index (χ2v) is 5.01. The van der Waals surface area contributed by atoms with Crippen molar-refractivity contribution in [2.24, 2.45) is 5.41 Å². The lowest BCUT2D eigenvalue weighted by Gasteiger charge is -2.32. The molecule has 0 aromatic rings. The first kappa shape index (κ1) is 15.0. The standard InChI is InChI=1S/C13H24N2O3/c1-3-18-11(16)6-4-9-15-12(17)13(2)7-5-8-14-10-13/h14H,3-10H2,1-2H3,(H,15,17). The highest BCUT2D eigenvalue weighted by Crippen LogP contribution is 2.25. The summed E-state index contributed by atoms with van der Waals surface area (Å²) in [6.45, 7) is 6.45. The van der Waals surface area contributed by atoms with Gasteiger partial charge in [0.1, 0.15) is 0 Å². The molecule has 1 heterocycles. The van der Waals surface area contributed by atoms with Crippen LogP contribution in [0.25, 0.3) is 0 Å². The lowest BCUT2D eigenvalue weighted by atomic mass is 9.82. The van der Waals surface area contributed by atoms with E-state index < -0.39 is 0 Å². The summed E-state index contributed by atoms with van der Waals surface area (Å²) in [6.07, 6.45) is 2.95. The molecule has 1 amide bonds. The Hall–Kier alpha value is -1.10. The van der Waals surface area contributed by atoms with Crippen molar-refractivity contribution in [3.63, 3.8) is 0 Å². The Morgan fingerprint density at radius 3 is 2.83 bits per heavy atom. The van der Waals surface area contributed by atoms with Crippen LogP contribution < -0.4 is 10.6 Å². The molecule has 0 radical (unpaired) electrons. The number of hydrogen-bond acceptors (Lipinski definition) is 4. The van der Waals surface area contributed by atoms with E-state index in [4.69, 9.17) is 4.74 Å². The van der Waals surface area contributed by atoms with Gasteiger partial charge in [0, 0.05) is 19.5 Å². The highest BCUT2D eigenvalue weighted by Gasteiger charge is 2.34. The Morgan fingerprint density at radius 2 is 2.22 bits per heavy atom. The van der Waals surface area contributed by atoms with E-state index >= 15 is 0 Å². The van der Waals surface area contributed by atoms with Crippen LogP contribution in [0.15, 0.2) is 0 Å². The van der Waals surface area contributed by atoms with Crippen LogP contribution in [-0.4, -0.2) is 38.1 Å². The number of rotatable bonds is 6. The van der Waals surface area contributed by atoms with Crippen LogP contribution in [0, 0.1) is 5.41 Å². The Kier molecular flexibility index (Phi) is 6.12. The molecule has 1 saturated heterocycles. The van der Waals surface area contributed by atoms with Crippen molar-refractivity contribution < 1.29 is 14.3 Å². The molecule has 1 atom stereocenters. The number of amides is 1. The van der Waals surface area contributed by atoms with E-state index in [0.29, 0.717) is 26.0 Å². The van der Waals surface area contributed by atoms with Gasteiger partial charge in [-0.05, 0) is 39.7 Å². The summed E-state index contributed by atoms with van der Waals surface area (Å²) in [5.41, 5.74) is -0.303. The van der Waals surface area contributed by atoms with Crippen molar-refractivity contribution in [1.29, 1.82) is 0 Å². The zero-order valence-corrected chi connectivity index (χ0v) is 11.4. The maximum Gasteiger partial charge on any atom is 0.305 e. The number of carbonyl (C=O) groups excluding carboxylic acids is 2. The first-order chi connectivity index (χ1) is 8.58. The van der Waals surface area contributed by atoms with Crippen molar-refractivity contribution in [3.8, 4) is 0 Å². The van der Waals surface area contributed by atoms with Gasteiger partial charge in [-0.25, -0.2) is 0 Å². The number of nitrogens with one attached hydrogen (secondary N) is 2. The second kappa shape index (κ2) is 7.36. The molecule has 2 N–H and O–H groups in total. The van der Waals surface area contributed by atoms with Crippen LogP contribution in [0.1, 0.15) is 39.5 Å². The maximum atomic E-state index is 12.0. The fourth-order valence-corrected chi connectivity index (χ4v) is 2.13. The van der Waals surface area contributed by atoms with E-state index in [0.717, 1.165) is 25.9 Å². The first-order valence-corrected chi connectivity index (χ1v) is 6.73. The van der Waals surface area contributed by atoms with Crippen LogP contribution in [0.3, 0.4) is 0 Å². The molecule has 0 aromatic carbocycles. The molecule has 1 fully saturated rings. The van der Waals surface area contributed by atoms with Gasteiger partial charge >= 0.3 is 5.97 Å². The molecule has 0 saturated carbocycles. The molecule has 0 aromatic heterocycles. The predicted octanol–water partition coefficient (Wildman–Crippen LogP) is 0.836. The highest BCUT2D eigenvalue weighted by molar-refractivity contribution is 5.82. The number of ether oxygens (including phenoxy) is 1. The topological polar surface area (TPSA) is 67.4 Å². The molecule has 1 aliphatic heterocycles. The van der Waals surface area contributed by atoms with Crippen molar-refractivity contribution >= 4 is 11.9 Å². The first-order valence-electron chi connectivity index (χ1n) is 6.73. The van der Waals surface area contributed by atoms with Gasteiger partial charge in [-0.2, -0.15) is 0 Å². The van der Waals surface area contributed by atoms with Gasteiger partial charge < -0.3 is 15.4 Å². The van der Waals surface area contributed by atoms with E-state index in [1.807, 2.05) is 6.92 Å². The minimum absolute atomic E-state index is 0.0820. The Morgan fingerprint density at radius 1 is 1.44 bits per heavy atom. The summed E-state index contributed by atoms with van der Waals surface area (Å²) in [5.74, 6) is -0.115. The molecule has 5 nitrogen and oxygen atoms in total. The molecular formula is C13H24N2O3. The molecule has 0 bridgehead atoms. The van der Waals surface area contributed by atoms with Gasteiger partial charge in [0.15, 0.2) is 0 Å². The monoisotopic (exact) mass is 256 g/mol. The van der Waals surface area contributed by atoms with E-state index in [-0.39, 0.29) is 17.3 Å².